The van der Waals surface area contributed by atoms with E-state index in [0.29, 0.717) is 49.1 Å². The molecule has 4 rings (SSSR count). The Kier molecular flexibility index (Phi) is 5.16. The SMILES string of the molecule is COC(=O)C1CCN(c2ncnc(Oc3cccc4ccc(C)nc34)c2N)CC1. The number of nitrogen functional groups attached to an aromatic ring is 1. The summed E-state index contributed by atoms with van der Waals surface area (Å²) in [6, 6.07) is 9.70. The van der Waals surface area contributed by atoms with Crippen LogP contribution in [0, 0.1) is 12.8 Å². The lowest BCUT2D eigenvalue weighted by Crippen LogP contribution is -2.37. The van der Waals surface area contributed by atoms with E-state index in [1.54, 1.807) is 0 Å². The van der Waals surface area contributed by atoms with Gasteiger partial charge in [0.2, 0.25) is 5.88 Å². The third-order valence-corrected chi connectivity index (χ3v) is 5.18. The Bertz CT molecular complexity index is 1050. The highest BCUT2D eigenvalue weighted by Crippen LogP contribution is 2.35. The number of anilines is 2. The largest absolute Gasteiger partial charge is 0.469 e. The third-order valence-electron chi connectivity index (χ3n) is 5.18. The van der Waals surface area contributed by atoms with E-state index < -0.39 is 0 Å². The number of hydrogen-bond donors (Lipinski definition) is 1. The van der Waals surface area contributed by atoms with E-state index in [4.69, 9.17) is 15.2 Å². The molecule has 2 aromatic heterocycles. The Balaban J connectivity index is 1.58. The van der Waals surface area contributed by atoms with Crippen molar-refractivity contribution in [3.8, 4) is 11.6 Å². The maximum atomic E-state index is 11.7. The summed E-state index contributed by atoms with van der Waals surface area (Å²) < 4.78 is 10.9. The number of aryl methyl sites for hydroxylation is 1. The minimum Gasteiger partial charge on any atom is -0.469 e. The standard InChI is InChI=1S/C21H23N5O3/c1-13-6-7-14-4-3-5-16(18(14)25-13)29-20-17(22)19(23-12-24-20)26-10-8-15(9-11-26)21(27)28-2/h3-7,12,15H,8-11,22H2,1-2H3. The van der Waals surface area contributed by atoms with Crippen molar-refractivity contribution in [2.45, 2.75) is 19.8 Å². The van der Waals surface area contributed by atoms with Gasteiger partial charge >= 0.3 is 5.97 Å². The van der Waals surface area contributed by atoms with Crippen LogP contribution < -0.4 is 15.4 Å². The van der Waals surface area contributed by atoms with E-state index in [9.17, 15) is 4.79 Å². The first-order valence-electron chi connectivity index (χ1n) is 9.54. The summed E-state index contributed by atoms with van der Waals surface area (Å²) in [4.78, 5) is 27.0. The van der Waals surface area contributed by atoms with E-state index in [0.717, 1.165) is 16.6 Å². The quantitative estimate of drug-likeness (QED) is 0.675. The van der Waals surface area contributed by atoms with Gasteiger partial charge in [0, 0.05) is 24.2 Å². The number of aromatic nitrogens is 3. The number of piperidine rings is 1. The minimum absolute atomic E-state index is 0.0833. The molecule has 3 heterocycles. The first-order valence-corrected chi connectivity index (χ1v) is 9.54. The Morgan fingerprint density at radius 3 is 2.72 bits per heavy atom. The number of esters is 1. The zero-order valence-corrected chi connectivity index (χ0v) is 16.5. The fourth-order valence-electron chi connectivity index (χ4n) is 3.60. The van der Waals surface area contributed by atoms with Crippen molar-refractivity contribution in [2.75, 3.05) is 30.8 Å². The number of nitrogens with zero attached hydrogens (tertiary/aromatic N) is 4. The summed E-state index contributed by atoms with van der Waals surface area (Å²) in [5.74, 6) is 1.25. The van der Waals surface area contributed by atoms with Crippen LogP contribution >= 0.6 is 0 Å². The molecule has 2 N–H and O–H groups in total. The number of ether oxygens (including phenoxy) is 2. The van der Waals surface area contributed by atoms with Crippen molar-refractivity contribution >= 4 is 28.4 Å². The smallest absolute Gasteiger partial charge is 0.308 e. The highest BCUT2D eigenvalue weighted by molar-refractivity contribution is 5.85. The summed E-state index contributed by atoms with van der Waals surface area (Å²) in [6.45, 7) is 3.26. The van der Waals surface area contributed by atoms with Gasteiger partial charge in [0.25, 0.3) is 0 Å². The maximum Gasteiger partial charge on any atom is 0.308 e. The number of hydrogen-bond acceptors (Lipinski definition) is 8. The highest BCUT2D eigenvalue weighted by Gasteiger charge is 2.28. The minimum atomic E-state index is -0.164. The number of rotatable bonds is 4. The molecule has 1 fully saturated rings. The van der Waals surface area contributed by atoms with Gasteiger partial charge in [-0.3, -0.25) is 4.79 Å². The summed E-state index contributed by atoms with van der Waals surface area (Å²) in [5, 5.41) is 0.978. The van der Waals surface area contributed by atoms with Gasteiger partial charge < -0.3 is 20.1 Å². The number of benzene rings is 1. The molecular formula is C21H23N5O3. The second kappa shape index (κ2) is 7.90. The second-order valence-electron chi connectivity index (χ2n) is 7.08. The van der Waals surface area contributed by atoms with Crippen molar-refractivity contribution in [1.82, 2.24) is 15.0 Å². The zero-order valence-electron chi connectivity index (χ0n) is 16.5. The molecule has 0 saturated carbocycles. The van der Waals surface area contributed by atoms with E-state index >= 15 is 0 Å². The molecule has 1 saturated heterocycles. The molecule has 8 heteroatoms. The number of methoxy groups -OCH3 is 1. The molecule has 8 nitrogen and oxygen atoms in total. The lowest BCUT2D eigenvalue weighted by molar-refractivity contribution is -0.146. The average Bonchev–Trinajstić information content (AvgIpc) is 2.75. The molecule has 1 aliphatic rings. The zero-order chi connectivity index (χ0) is 20.4. The Morgan fingerprint density at radius 2 is 1.97 bits per heavy atom. The van der Waals surface area contributed by atoms with Crippen molar-refractivity contribution < 1.29 is 14.3 Å². The van der Waals surface area contributed by atoms with Crippen LogP contribution in [0.25, 0.3) is 10.9 Å². The maximum absolute atomic E-state index is 11.7. The molecule has 0 spiro atoms. The number of fused-ring (bicyclic) bond motifs is 1. The van der Waals surface area contributed by atoms with Crippen LogP contribution in [-0.4, -0.2) is 41.1 Å². The second-order valence-corrected chi connectivity index (χ2v) is 7.08. The summed E-state index contributed by atoms with van der Waals surface area (Å²) in [5.41, 5.74) is 8.38. The molecular weight excluding hydrogens is 370 g/mol. The normalized spacial score (nSPS) is 14.8. The number of carbonyl (C=O) groups excluding carboxylic acids is 1. The van der Waals surface area contributed by atoms with Crippen molar-refractivity contribution in [3.63, 3.8) is 0 Å². The van der Waals surface area contributed by atoms with Crippen LogP contribution in [0.2, 0.25) is 0 Å². The van der Waals surface area contributed by atoms with E-state index in [1.165, 1.54) is 13.4 Å². The summed E-state index contributed by atoms with van der Waals surface area (Å²) in [7, 11) is 1.42. The van der Waals surface area contributed by atoms with Crippen LogP contribution in [0.1, 0.15) is 18.5 Å². The molecule has 3 aromatic rings. The number of nitrogens with two attached hydrogens (primary N) is 1. The third kappa shape index (κ3) is 3.78. The first-order chi connectivity index (χ1) is 14.1. The molecule has 0 aliphatic carbocycles. The van der Waals surface area contributed by atoms with Crippen molar-refractivity contribution in [1.29, 1.82) is 0 Å². The molecule has 150 valence electrons. The number of pyridine rings is 1. The average molecular weight is 393 g/mol. The van der Waals surface area contributed by atoms with Gasteiger partial charge in [0.15, 0.2) is 11.6 Å². The van der Waals surface area contributed by atoms with Gasteiger partial charge in [-0.2, -0.15) is 4.98 Å². The lowest BCUT2D eigenvalue weighted by Gasteiger charge is -2.32. The lowest BCUT2D eigenvalue weighted by atomic mass is 9.97. The predicted octanol–water partition coefficient (Wildman–Crippen LogP) is 3.10. The summed E-state index contributed by atoms with van der Waals surface area (Å²) in [6.07, 6.45) is 2.83. The molecule has 1 aromatic carbocycles. The topological polar surface area (TPSA) is 103 Å². The number of para-hydroxylation sites is 1. The van der Waals surface area contributed by atoms with E-state index in [2.05, 4.69) is 19.9 Å². The molecule has 0 atom stereocenters. The van der Waals surface area contributed by atoms with Crippen molar-refractivity contribution in [2.24, 2.45) is 5.92 Å². The molecule has 29 heavy (non-hydrogen) atoms. The summed E-state index contributed by atoms with van der Waals surface area (Å²) >= 11 is 0. The Morgan fingerprint density at radius 1 is 1.17 bits per heavy atom. The van der Waals surface area contributed by atoms with Gasteiger partial charge in [-0.15, -0.1) is 0 Å². The van der Waals surface area contributed by atoms with Gasteiger partial charge in [-0.1, -0.05) is 18.2 Å². The van der Waals surface area contributed by atoms with E-state index in [1.807, 2.05) is 37.3 Å². The monoisotopic (exact) mass is 393 g/mol. The van der Waals surface area contributed by atoms with Crippen LogP contribution in [-0.2, 0) is 9.53 Å². The Hall–Kier alpha value is -3.42. The predicted molar refractivity (Wildman–Crippen MR) is 110 cm³/mol. The first kappa shape index (κ1) is 18.9. The fourth-order valence-corrected chi connectivity index (χ4v) is 3.60. The van der Waals surface area contributed by atoms with Gasteiger partial charge in [-0.25, -0.2) is 9.97 Å². The molecule has 0 radical (unpaired) electrons. The van der Waals surface area contributed by atoms with Gasteiger partial charge in [-0.05, 0) is 31.9 Å². The molecule has 0 bridgehead atoms. The van der Waals surface area contributed by atoms with Gasteiger partial charge in [0.05, 0.1) is 13.0 Å². The molecule has 0 amide bonds. The fraction of sp³-hybridized carbons (Fsp3) is 0.333. The number of carbonyl (C=O) groups is 1. The highest BCUT2D eigenvalue weighted by atomic mass is 16.5. The molecule has 1 aliphatic heterocycles. The van der Waals surface area contributed by atoms with E-state index in [-0.39, 0.29) is 11.9 Å². The van der Waals surface area contributed by atoms with Gasteiger partial charge in [0.1, 0.15) is 17.5 Å². The van der Waals surface area contributed by atoms with Crippen LogP contribution in [0.3, 0.4) is 0 Å². The molecule has 0 unspecified atom stereocenters. The van der Waals surface area contributed by atoms with Crippen LogP contribution in [0.5, 0.6) is 11.6 Å². The Labute approximate surface area is 168 Å². The van der Waals surface area contributed by atoms with Crippen LogP contribution in [0.4, 0.5) is 11.5 Å². The van der Waals surface area contributed by atoms with Crippen LogP contribution in [0.15, 0.2) is 36.7 Å². The van der Waals surface area contributed by atoms with Crippen molar-refractivity contribution in [3.05, 3.63) is 42.4 Å².